The second kappa shape index (κ2) is 9.06. The molecule has 3 aromatic carbocycles. The van der Waals surface area contributed by atoms with Crippen LogP contribution in [0, 0.1) is 23.0 Å². The fraction of sp³-hybridized carbons (Fsp3) is 0.333. The number of ether oxygens (including phenoxy) is 1. The monoisotopic (exact) mass is 511 g/mol. The van der Waals surface area contributed by atoms with Crippen LogP contribution in [0.1, 0.15) is 52.7 Å². The van der Waals surface area contributed by atoms with E-state index in [1.54, 1.807) is 36.4 Å². The molecule has 1 spiro atoms. The van der Waals surface area contributed by atoms with Crippen molar-refractivity contribution in [2.45, 2.75) is 44.2 Å². The molecule has 3 aliphatic heterocycles. The smallest absolute Gasteiger partial charge is 0.269 e. The van der Waals surface area contributed by atoms with Crippen molar-refractivity contribution in [2.75, 3.05) is 18.5 Å². The highest BCUT2D eigenvalue weighted by Gasteiger charge is 2.69. The van der Waals surface area contributed by atoms with E-state index in [-0.39, 0.29) is 23.4 Å². The second-order valence-electron chi connectivity index (χ2n) is 10.3. The van der Waals surface area contributed by atoms with Crippen LogP contribution in [0.5, 0.6) is 5.75 Å². The first-order valence-corrected chi connectivity index (χ1v) is 13.1. The standard InChI is InChI=1S/C30H29N3O5/c1-3-38-22-12-10-19(11-13-22)28(34)27-26(20-6-4-7-21(17-20)33(36)37)25-8-5-15-32(25)30(27)23-16-18(2)9-14-24(23)31-29(30)35/h4,6-7,9-14,16-17,25-27H,3,5,8,15H2,1-2H3,(H,31,35)/t25?,26?,27?,30-/m1/s1. The maximum atomic E-state index is 14.6. The zero-order chi connectivity index (χ0) is 26.6. The Hall–Kier alpha value is -4.04. The van der Waals surface area contributed by atoms with E-state index in [1.165, 1.54) is 6.07 Å². The number of non-ortho nitro benzene ring substituents is 1. The van der Waals surface area contributed by atoms with Crippen LogP contribution in [0.15, 0.2) is 66.7 Å². The summed E-state index contributed by atoms with van der Waals surface area (Å²) in [7, 11) is 0. The Morgan fingerprint density at radius 1 is 1.16 bits per heavy atom. The third-order valence-corrected chi connectivity index (χ3v) is 8.35. The van der Waals surface area contributed by atoms with Crippen LogP contribution in [0.3, 0.4) is 0 Å². The molecule has 6 rings (SSSR count). The minimum absolute atomic E-state index is 0.0209. The normalized spacial score (nSPS) is 25.7. The van der Waals surface area contributed by atoms with Gasteiger partial charge in [-0.3, -0.25) is 24.6 Å². The number of nitro groups is 1. The Balaban J connectivity index is 1.58. The molecule has 3 aliphatic rings. The molecule has 38 heavy (non-hydrogen) atoms. The highest BCUT2D eigenvalue weighted by Crippen LogP contribution is 2.61. The third kappa shape index (κ3) is 3.47. The maximum absolute atomic E-state index is 14.6. The van der Waals surface area contributed by atoms with Crippen LogP contribution in [-0.2, 0) is 10.3 Å². The molecule has 0 saturated carbocycles. The van der Waals surface area contributed by atoms with Gasteiger partial charge in [-0.1, -0.05) is 29.8 Å². The van der Waals surface area contributed by atoms with Gasteiger partial charge < -0.3 is 10.1 Å². The number of nitro benzene ring substituents is 1. The average Bonchev–Trinajstić information content (AvgIpc) is 3.57. The van der Waals surface area contributed by atoms with Crippen molar-refractivity contribution >= 4 is 23.1 Å². The molecule has 1 amide bonds. The number of carbonyl (C=O) groups is 2. The molecule has 0 radical (unpaired) electrons. The first-order chi connectivity index (χ1) is 18.4. The van der Waals surface area contributed by atoms with Gasteiger partial charge >= 0.3 is 0 Å². The number of Topliss-reactive ketones (excluding diaryl/α,β-unsaturated/α-hetero) is 1. The molecule has 194 valence electrons. The topological polar surface area (TPSA) is 102 Å². The second-order valence-corrected chi connectivity index (χ2v) is 10.3. The molecule has 0 aliphatic carbocycles. The lowest BCUT2D eigenvalue weighted by Crippen LogP contribution is -2.52. The fourth-order valence-electron chi connectivity index (χ4n) is 6.96. The number of rotatable bonds is 6. The minimum atomic E-state index is -1.20. The van der Waals surface area contributed by atoms with Crippen LogP contribution in [0.25, 0.3) is 0 Å². The number of anilines is 1. The summed E-state index contributed by atoms with van der Waals surface area (Å²) in [5.41, 5.74) is 2.51. The van der Waals surface area contributed by atoms with Gasteiger partial charge in [-0.2, -0.15) is 0 Å². The Morgan fingerprint density at radius 2 is 1.95 bits per heavy atom. The van der Waals surface area contributed by atoms with Crippen molar-refractivity contribution < 1.29 is 19.2 Å². The number of aryl methyl sites for hydroxylation is 1. The molecule has 0 aromatic heterocycles. The van der Waals surface area contributed by atoms with Crippen molar-refractivity contribution in [2.24, 2.45) is 5.92 Å². The Bertz CT molecular complexity index is 1450. The zero-order valence-electron chi connectivity index (χ0n) is 21.3. The highest BCUT2D eigenvalue weighted by molar-refractivity contribution is 6.12. The fourth-order valence-corrected chi connectivity index (χ4v) is 6.96. The third-order valence-electron chi connectivity index (χ3n) is 8.35. The molecule has 2 saturated heterocycles. The molecule has 3 heterocycles. The quantitative estimate of drug-likeness (QED) is 0.277. The van der Waals surface area contributed by atoms with E-state index >= 15 is 0 Å². The summed E-state index contributed by atoms with van der Waals surface area (Å²) in [4.78, 5) is 42.1. The number of carbonyl (C=O) groups excluding carboxylic acids is 2. The van der Waals surface area contributed by atoms with Crippen molar-refractivity contribution in [3.05, 3.63) is 99.1 Å². The number of hydrogen-bond donors (Lipinski definition) is 1. The van der Waals surface area contributed by atoms with Crippen LogP contribution in [0.2, 0.25) is 0 Å². The number of nitrogens with one attached hydrogen (secondary N) is 1. The molecule has 3 aromatic rings. The first-order valence-electron chi connectivity index (χ1n) is 13.1. The van der Waals surface area contributed by atoms with E-state index in [1.807, 2.05) is 38.1 Å². The molecule has 8 heteroatoms. The van der Waals surface area contributed by atoms with Crippen LogP contribution >= 0.6 is 0 Å². The lowest BCUT2D eigenvalue weighted by atomic mass is 9.68. The van der Waals surface area contributed by atoms with Crippen molar-refractivity contribution in [1.82, 2.24) is 4.90 Å². The van der Waals surface area contributed by atoms with Crippen LogP contribution < -0.4 is 10.1 Å². The predicted octanol–water partition coefficient (Wildman–Crippen LogP) is 5.21. The van der Waals surface area contributed by atoms with Crippen LogP contribution in [-0.4, -0.2) is 40.7 Å². The molecule has 4 atom stereocenters. The Morgan fingerprint density at radius 3 is 2.68 bits per heavy atom. The number of benzene rings is 3. The predicted molar refractivity (Wildman–Crippen MR) is 142 cm³/mol. The summed E-state index contributed by atoms with van der Waals surface area (Å²) >= 11 is 0. The summed E-state index contributed by atoms with van der Waals surface area (Å²) in [6.07, 6.45) is 1.69. The van der Waals surface area contributed by atoms with Crippen molar-refractivity contribution in [3.63, 3.8) is 0 Å². The van der Waals surface area contributed by atoms with Gasteiger partial charge in [-0.05, 0) is 69.1 Å². The molecule has 0 bridgehead atoms. The lowest BCUT2D eigenvalue weighted by molar-refractivity contribution is -0.384. The summed E-state index contributed by atoms with van der Waals surface area (Å²) in [6, 6.07) is 19.4. The van der Waals surface area contributed by atoms with E-state index in [0.717, 1.165) is 29.7 Å². The van der Waals surface area contributed by atoms with Crippen molar-refractivity contribution in [3.8, 4) is 5.75 Å². The van der Waals surface area contributed by atoms with E-state index < -0.39 is 22.3 Å². The Labute approximate surface area is 220 Å². The summed E-state index contributed by atoms with van der Waals surface area (Å²) < 4.78 is 5.58. The van der Waals surface area contributed by atoms with E-state index in [0.29, 0.717) is 30.0 Å². The van der Waals surface area contributed by atoms with E-state index in [9.17, 15) is 19.7 Å². The largest absolute Gasteiger partial charge is 0.494 e. The molecule has 3 unspecified atom stereocenters. The molecule has 2 fully saturated rings. The number of nitrogens with zero attached hydrogens (tertiary/aromatic N) is 2. The summed E-state index contributed by atoms with van der Waals surface area (Å²) in [5, 5.41) is 14.7. The lowest BCUT2D eigenvalue weighted by Gasteiger charge is -2.37. The van der Waals surface area contributed by atoms with Gasteiger partial charge in [-0.25, -0.2) is 0 Å². The van der Waals surface area contributed by atoms with Crippen molar-refractivity contribution in [1.29, 1.82) is 0 Å². The highest BCUT2D eigenvalue weighted by atomic mass is 16.6. The molecule has 8 nitrogen and oxygen atoms in total. The zero-order valence-corrected chi connectivity index (χ0v) is 21.3. The average molecular weight is 512 g/mol. The first kappa shape index (κ1) is 24.3. The van der Waals surface area contributed by atoms with Gasteiger partial charge in [0.15, 0.2) is 5.78 Å². The number of amides is 1. The minimum Gasteiger partial charge on any atom is -0.494 e. The van der Waals surface area contributed by atoms with E-state index in [4.69, 9.17) is 4.74 Å². The SMILES string of the molecule is CCOc1ccc(C(=O)C2C(c3cccc([N+](=O)[O-])c3)C3CCCN3[C@@]23C(=O)Nc2ccc(C)cc23)cc1. The van der Waals surface area contributed by atoms with Gasteiger partial charge in [0.2, 0.25) is 5.91 Å². The van der Waals surface area contributed by atoms with Gasteiger partial charge in [0.1, 0.15) is 11.3 Å². The number of ketones is 1. The molecular weight excluding hydrogens is 482 g/mol. The maximum Gasteiger partial charge on any atom is 0.269 e. The van der Waals surface area contributed by atoms with Crippen LogP contribution in [0.4, 0.5) is 11.4 Å². The summed E-state index contributed by atoms with van der Waals surface area (Å²) in [5.74, 6) is -0.851. The van der Waals surface area contributed by atoms with Gasteiger partial charge in [0.05, 0.1) is 17.4 Å². The molecular formula is C30H29N3O5. The molecule has 1 N–H and O–H groups in total. The van der Waals surface area contributed by atoms with E-state index in [2.05, 4.69) is 10.2 Å². The van der Waals surface area contributed by atoms with Gasteiger partial charge in [-0.15, -0.1) is 0 Å². The number of fused-ring (bicyclic) bond motifs is 4. The summed E-state index contributed by atoms with van der Waals surface area (Å²) in [6.45, 7) is 5.07. The Kier molecular flexibility index (Phi) is 5.79. The van der Waals surface area contributed by atoms with Gasteiger partial charge in [0, 0.05) is 40.9 Å². The number of hydrogen-bond acceptors (Lipinski definition) is 6. The van der Waals surface area contributed by atoms with Gasteiger partial charge in [0.25, 0.3) is 5.69 Å².